The summed E-state index contributed by atoms with van der Waals surface area (Å²) < 4.78 is 0. The Morgan fingerprint density at radius 3 is 2.94 bits per heavy atom. The van der Waals surface area contributed by atoms with E-state index in [2.05, 4.69) is 34.2 Å². The number of rotatable bonds is 1. The van der Waals surface area contributed by atoms with E-state index in [1.165, 1.54) is 10.9 Å². The van der Waals surface area contributed by atoms with Crippen LogP contribution in [-0.4, -0.2) is 15.2 Å². The van der Waals surface area contributed by atoms with E-state index < -0.39 is 0 Å². The maximum atomic E-state index is 5.61. The van der Waals surface area contributed by atoms with Crippen LogP contribution in [0.4, 0.5) is 5.82 Å². The second kappa shape index (κ2) is 3.13. The lowest BCUT2D eigenvalue weighted by Crippen LogP contribution is -1.81. The Morgan fingerprint density at radius 2 is 2.19 bits per heavy atom. The third-order valence-corrected chi connectivity index (χ3v) is 2.80. The summed E-state index contributed by atoms with van der Waals surface area (Å²) in [6.07, 6.45) is 1.98. The molecule has 0 amide bonds. The van der Waals surface area contributed by atoms with Crippen molar-refractivity contribution in [1.29, 1.82) is 0 Å². The molecule has 80 valence electrons. The van der Waals surface area contributed by atoms with Crippen molar-refractivity contribution in [3.8, 4) is 11.3 Å². The Labute approximate surface area is 92.5 Å². The van der Waals surface area contributed by atoms with Gasteiger partial charge in [0.05, 0.1) is 5.69 Å². The molecule has 1 aromatic carbocycles. The zero-order valence-electron chi connectivity index (χ0n) is 8.91. The summed E-state index contributed by atoms with van der Waals surface area (Å²) in [6, 6.07) is 8.04. The lowest BCUT2D eigenvalue weighted by molar-refractivity contribution is 1.10. The van der Waals surface area contributed by atoms with Crippen LogP contribution in [-0.2, 0) is 0 Å². The van der Waals surface area contributed by atoms with E-state index in [0.29, 0.717) is 5.82 Å². The van der Waals surface area contributed by atoms with Gasteiger partial charge in [0, 0.05) is 28.7 Å². The number of aryl methyl sites for hydroxylation is 1. The number of aromatic amines is 2. The van der Waals surface area contributed by atoms with Crippen LogP contribution in [0.1, 0.15) is 5.56 Å². The van der Waals surface area contributed by atoms with Gasteiger partial charge < -0.3 is 10.7 Å². The number of nitrogens with zero attached hydrogens (tertiary/aromatic N) is 1. The SMILES string of the molecule is Cc1cccc2[nH]cc(-c3cc(N)n[nH]3)c12. The van der Waals surface area contributed by atoms with Crippen molar-refractivity contribution in [3.05, 3.63) is 36.0 Å². The van der Waals surface area contributed by atoms with E-state index in [0.717, 1.165) is 16.8 Å². The fraction of sp³-hybridized carbons (Fsp3) is 0.0833. The summed E-state index contributed by atoms with van der Waals surface area (Å²) in [7, 11) is 0. The quantitative estimate of drug-likeness (QED) is 0.579. The van der Waals surface area contributed by atoms with Gasteiger partial charge >= 0.3 is 0 Å². The van der Waals surface area contributed by atoms with Crippen LogP contribution in [0.5, 0.6) is 0 Å². The van der Waals surface area contributed by atoms with E-state index in [1.807, 2.05) is 18.3 Å². The second-order valence-corrected chi connectivity index (χ2v) is 3.91. The van der Waals surface area contributed by atoms with Crippen LogP contribution in [0.25, 0.3) is 22.2 Å². The number of nitrogens with two attached hydrogens (primary N) is 1. The van der Waals surface area contributed by atoms with Gasteiger partial charge in [0.25, 0.3) is 0 Å². The lowest BCUT2D eigenvalue weighted by atomic mass is 10.1. The highest BCUT2D eigenvalue weighted by molar-refractivity contribution is 5.97. The Hall–Kier alpha value is -2.23. The summed E-state index contributed by atoms with van der Waals surface area (Å²) >= 11 is 0. The Balaban J connectivity index is 2.32. The zero-order valence-corrected chi connectivity index (χ0v) is 8.91. The van der Waals surface area contributed by atoms with Crippen LogP contribution >= 0.6 is 0 Å². The molecule has 0 fully saturated rings. The van der Waals surface area contributed by atoms with Crippen LogP contribution in [0.2, 0.25) is 0 Å². The molecule has 3 rings (SSSR count). The molecule has 16 heavy (non-hydrogen) atoms. The maximum absolute atomic E-state index is 5.61. The zero-order chi connectivity index (χ0) is 11.1. The van der Waals surface area contributed by atoms with Crippen LogP contribution in [0, 0.1) is 6.92 Å². The second-order valence-electron chi connectivity index (χ2n) is 3.91. The highest BCUT2D eigenvalue weighted by atomic mass is 15.2. The van der Waals surface area contributed by atoms with Crippen molar-refractivity contribution in [2.45, 2.75) is 6.92 Å². The van der Waals surface area contributed by atoms with Crippen LogP contribution in [0.3, 0.4) is 0 Å². The molecule has 0 saturated carbocycles. The Kier molecular flexibility index (Phi) is 1.77. The van der Waals surface area contributed by atoms with Crippen molar-refractivity contribution in [2.75, 3.05) is 5.73 Å². The lowest BCUT2D eigenvalue weighted by Gasteiger charge is -1.98. The molecule has 4 heteroatoms. The van der Waals surface area contributed by atoms with Gasteiger partial charge in [0.15, 0.2) is 0 Å². The minimum Gasteiger partial charge on any atom is -0.382 e. The first kappa shape index (κ1) is 9.03. The largest absolute Gasteiger partial charge is 0.382 e. The molecule has 0 atom stereocenters. The number of H-pyrrole nitrogens is 2. The molecule has 0 aliphatic carbocycles. The smallest absolute Gasteiger partial charge is 0.145 e. The van der Waals surface area contributed by atoms with Crippen LogP contribution in [0.15, 0.2) is 30.5 Å². The molecule has 0 aliphatic rings. The standard InChI is InChI=1S/C12H12N4/c1-7-3-2-4-9-12(7)8(6-14-9)10-5-11(13)16-15-10/h2-6,14H,1H3,(H3,13,15,16). The number of nitrogen functional groups attached to an aromatic ring is 1. The summed E-state index contributed by atoms with van der Waals surface area (Å²) in [6.45, 7) is 2.10. The molecule has 2 aromatic heterocycles. The van der Waals surface area contributed by atoms with Crippen molar-refractivity contribution < 1.29 is 0 Å². The minimum absolute atomic E-state index is 0.512. The molecule has 0 saturated heterocycles. The molecular weight excluding hydrogens is 200 g/mol. The topological polar surface area (TPSA) is 70.5 Å². The van der Waals surface area contributed by atoms with Crippen molar-refractivity contribution in [2.24, 2.45) is 0 Å². The van der Waals surface area contributed by atoms with E-state index in [4.69, 9.17) is 5.73 Å². The van der Waals surface area contributed by atoms with Gasteiger partial charge in [0.2, 0.25) is 0 Å². The predicted octanol–water partition coefficient (Wildman–Crippen LogP) is 2.45. The van der Waals surface area contributed by atoms with Crippen molar-refractivity contribution in [1.82, 2.24) is 15.2 Å². The predicted molar refractivity (Wildman–Crippen MR) is 65.0 cm³/mol. The van der Waals surface area contributed by atoms with Crippen molar-refractivity contribution in [3.63, 3.8) is 0 Å². The molecule has 2 heterocycles. The van der Waals surface area contributed by atoms with E-state index in [9.17, 15) is 0 Å². The molecule has 0 radical (unpaired) electrons. The summed E-state index contributed by atoms with van der Waals surface area (Å²) in [4.78, 5) is 3.25. The van der Waals surface area contributed by atoms with Gasteiger partial charge in [-0.25, -0.2) is 0 Å². The highest BCUT2D eigenvalue weighted by Crippen LogP contribution is 2.30. The minimum atomic E-state index is 0.512. The first-order chi connectivity index (χ1) is 7.75. The van der Waals surface area contributed by atoms with Gasteiger partial charge in [0.1, 0.15) is 5.82 Å². The molecule has 0 aliphatic heterocycles. The summed E-state index contributed by atoms with van der Waals surface area (Å²) in [5, 5.41) is 8.09. The third-order valence-electron chi connectivity index (χ3n) is 2.80. The molecule has 4 N–H and O–H groups in total. The summed E-state index contributed by atoms with van der Waals surface area (Å²) in [5.74, 6) is 0.512. The number of anilines is 1. The number of aromatic nitrogens is 3. The van der Waals surface area contributed by atoms with Gasteiger partial charge in [-0.15, -0.1) is 0 Å². The van der Waals surface area contributed by atoms with E-state index in [-0.39, 0.29) is 0 Å². The Morgan fingerprint density at radius 1 is 1.31 bits per heavy atom. The van der Waals surface area contributed by atoms with Gasteiger partial charge in [-0.2, -0.15) is 5.10 Å². The van der Waals surface area contributed by atoms with E-state index in [1.54, 1.807) is 0 Å². The molecule has 4 nitrogen and oxygen atoms in total. The molecule has 3 aromatic rings. The number of fused-ring (bicyclic) bond motifs is 1. The third kappa shape index (κ3) is 1.20. The normalized spacial score (nSPS) is 11.1. The maximum Gasteiger partial charge on any atom is 0.145 e. The molecule has 0 spiro atoms. The fourth-order valence-corrected chi connectivity index (χ4v) is 2.06. The van der Waals surface area contributed by atoms with Gasteiger partial charge in [-0.1, -0.05) is 12.1 Å². The first-order valence-corrected chi connectivity index (χ1v) is 5.13. The molecule has 0 unspecified atom stereocenters. The number of benzene rings is 1. The monoisotopic (exact) mass is 212 g/mol. The highest BCUT2D eigenvalue weighted by Gasteiger charge is 2.09. The Bertz CT molecular complexity index is 648. The van der Waals surface area contributed by atoms with Crippen molar-refractivity contribution >= 4 is 16.7 Å². The van der Waals surface area contributed by atoms with Gasteiger partial charge in [-0.3, -0.25) is 5.10 Å². The fourth-order valence-electron chi connectivity index (χ4n) is 2.06. The molecular formula is C12H12N4. The number of nitrogens with one attached hydrogen (secondary N) is 2. The van der Waals surface area contributed by atoms with Gasteiger partial charge in [-0.05, 0) is 18.6 Å². The number of hydrogen-bond donors (Lipinski definition) is 3. The number of hydrogen-bond acceptors (Lipinski definition) is 2. The first-order valence-electron chi connectivity index (χ1n) is 5.13. The average molecular weight is 212 g/mol. The average Bonchev–Trinajstić information content (AvgIpc) is 2.84. The molecule has 0 bridgehead atoms. The van der Waals surface area contributed by atoms with E-state index >= 15 is 0 Å². The summed E-state index contributed by atoms with van der Waals surface area (Å²) in [5.41, 5.74) is 10.0. The van der Waals surface area contributed by atoms with Crippen LogP contribution < -0.4 is 5.73 Å².